The lowest BCUT2D eigenvalue weighted by Crippen LogP contribution is -2.43. The van der Waals surface area contributed by atoms with Gasteiger partial charge in [0.2, 0.25) is 11.8 Å². The van der Waals surface area contributed by atoms with Crippen molar-refractivity contribution in [2.45, 2.75) is 46.0 Å². The molecule has 2 amide bonds. The second-order valence-corrected chi connectivity index (χ2v) is 6.06. The number of carbonyl (C=O) groups is 2. The highest BCUT2D eigenvalue weighted by molar-refractivity contribution is 5.85. The smallest absolute Gasteiger partial charge is 0.239 e. The molecular weight excluding hydrogens is 242 g/mol. The molecule has 0 unspecified atom stereocenters. The third kappa shape index (κ3) is 5.59. The maximum absolute atomic E-state index is 11.7. The second kappa shape index (κ2) is 7.48. The first-order valence-electron chi connectivity index (χ1n) is 7.21. The normalized spacial score (nSPS) is 17.5. The topological polar surface area (TPSA) is 84.2 Å². The second-order valence-electron chi connectivity index (χ2n) is 6.06. The summed E-state index contributed by atoms with van der Waals surface area (Å²) < 4.78 is 0. The van der Waals surface area contributed by atoms with Crippen LogP contribution in [0.1, 0.15) is 46.0 Å². The highest BCUT2D eigenvalue weighted by Crippen LogP contribution is 2.42. The highest BCUT2D eigenvalue weighted by atomic mass is 16.2. The van der Waals surface area contributed by atoms with Crippen LogP contribution in [0.25, 0.3) is 0 Å². The van der Waals surface area contributed by atoms with Gasteiger partial charge in [0.05, 0.1) is 13.1 Å². The van der Waals surface area contributed by atoms with Crippen LogP contribution in [0.15, 0.2) is 0 Å². The molecule has 0 aromatic carbocycles. The fourth-order valence-corrected chi connectivity index (χ4v) is 3.04. The Morgan fingerprint density at radius 1 is 1.16 bits per heavy atom. The summed E-state index contributed by atoms with van der Waals surface area (Å²) in [5.41, 5.74) is 5.43. The van der Waals surface area contributed by atoms with Gasteiger partial charge in [0.25, 0.3) is 0 Å². The monoisotopic (exact) mass is 269 g/mol. The first-order valence-corrected chi connectivity index (χ1v) is 7.21. The number of rotatable bonds is 7. The third-order valence-electron chi connectivity index (χ3n) is 3.80. The van der Waals surface area contributed by atoms with Crippen LogP contribution < -0.4 is 16.4 Å². The van der Waals surface area contributed by atoms with Crippen LogP contribution >= 0.6 is 0 Å². The Morgan fingerprint density at radius 3 is 2.32 bits per heavy atom. The molecule has 0 saturated heterocycles. The van der Waals surface area contributed by atoms with E-state index in [0.717, 1.165) is 13.0 Å². The average molecular weight is 269 g/mol. The van der Waals surface area contributed by atoms with E-state index in [1.165, 1.54) is 25.7 Å². The fourth-order valence-electron chi connectivity index (χ4n) is 3.04. The van der Waals surface area contributed by atoms with E-state index >= 15 is 0 Å². The Bertz CT molecular complexity index is 310. The van der Waals surface area contributed by atoms with Crippen molar-refractivity contribution in [3.63, 3.8) is 0 Å². The van der Waals surface area contributed by atoms with Gasteiger partial charge in [0.15, 0.2) is 0 Å². The molecule has 1 fully saturated rings. The molecule has 0 atom stereocenters. The quantitative estimate of drug-likeness (QED) is 0.638. The minimum atomic E-state index is -0.298. The van der Waals surface area contributed by atoms with Crippen molar-refractivity contribution < 1.29 is 9.59 Å². The predicted octanol–water partition coefficient (Wildman–Crippen LogP) is 0.784. The summed E-state index contributed by atoms with van der Waals surface area (Å²) in [6, 6.07) is 0. The van der Waals surface area contributed by atoms with E-state index in [2.05, 4.69) is 24.5 Å². The molecule has 4 N–H and O–H groups in total. The number of hydrogen-bond acceptors (Lipinski definition) is 3. The maximum atomic E-state index is 11.7. The molecule has 0 heterocycles. The first-order chi connectivity index (χ1) is 8.97. The summed E-state index contributed by atoms with van der Waals surface area (Å²) in [6.45, 7) is 5.12. The molecule has 1 saturated carbocycles. The van der Waals surface area contributed by atoms with Crippen LogP contribution in [-0.4, -0.2) is 31.4 Å². The molecule has 0 bridgehead atoms. The predicted molar refractivity (Wildman–Crippen MR) is 75.4 cm³/mol. The molecule has 19 heavy (non-hydrogen) atoms. The molecule has 5 nitrogen and oxygen atoms in total. The van der Waals surface area contributed by atoms with E-state index in [9.17, 15) is 9.59 Å². The molecule has 0 radical (unpaired) electrons. The lowest BCUT2D eigenvalue weighted by atomic mass is 9.78. The van der Waals surface area contributed by atoms with Crippen molar-refractivity contribution in [3.8, 4) is 0 Å². The lowest BCUT2D eigenvalue weighted by molar-refractivity contribution is -0.125. The number of nitrogens with two attached hydrogens (primary N) is 1. The zero-order chi connectivity index (χ0) is 14.3. The summed E-state index contributed by atoms with van der Waals surface area (Å²) in [6.07, 6.45) is 6.06. The van der Waals surface area contributed by atoms with Crippen molar-refractivity contribution in [2.24, 2.45) is 17.1 Å². The largest absolute Gasteiger partial charge is 0.354 e. The SMILES string of the molecule is CC(C)CC1(CNC(=O)CNC(=O)CN)CCCC1. The summed E-state index contributed by atoms with van der Waals surface area (Å²) in [5, 5.41) is 5.44. The van der Waals surface area contributed by atoms with Gasteiger partial charge in [0, 0.05) is 6.54 Å². The summed E-state index contributed by atoms with van der Waals surface area (Å²) >= 11 is 0. The fraction of sp³-hybridized carbons (Fsp3) is 0.857. The standard InChI is InChI=1S/C14H27N3O2/c1-11(2)7-14(5-3-4-6-14)10-17-13(19)9-16-12(18)8-15/h11H,3-10,15H2,1-2H3,(H,16,18)(H,17,19). The van der Waals surface area contributed by atoms with Gasteiger partial charge in [-0.05, 0) is 30.6 Å². The zero-order valence-electron chi connectivity index (χ0n) is 12.1. The Labute approximate surface area is 115 Å². The molecule has 1 aliphatic carbocycles. The minimum Gasteiger partial charge on any atom is -0.354 e. The van der Waals surface area contributed by atoms with Gasteiger partial charge in [0.1, 0.15) is 0 Å². The molecular formula is C14H27N3O2. The van der Waals surface area contributed by atoms with E-state index in [-0.39, 0.29) is 30.3 Å². The van der Waals surface area contributed by atoms with E-state index < -0.39 is 0 Å². The van der Waals surface area contributed by atoms with Crippen molar-refractivity contribution >= 4 is 11.8 Å². The van der Waals surface area contributed by atoms with Gasteiger partial charge in [-0.25, -0.2) is 0 Å². The van der Waals surface area contributed by atoms with E-state index in [0.29, 0.717) is 5.92 Å². The Morgan fingerprint density at radius 2 is 1.79 bits per heavy atom. The van der Waals surface area contributed by atoms with E-state index in [4.69, 9.17) is 5.73 Å². The van der Waals surface area contributed by atoms with Crippen LogP contribution in [-0.2, 0) is 9.59 Å². The summed E-state index contributed by atoms with van der Waals surface area (Å²) in [7, 11) is 0. The first kappa shape index (κ1) is 16.0. The van der Waals surface area contributed by atoms with Crippen LogP contribution in [0.4, 0.5) is 0 Å². The van der Waals surface area contributed by atoms with Gasteiger partial charge in [-0.3, -0.25) is 9.59 Å². The average Bonchev–Trinajstić information content (AvgIpc) is 2.81. The Balaban J connectivity index is 2.35. The third-order valence-corrected chi connectivity index (χ3v) is 3.80. The number of nitrogens with one attached hydrogen (secondary N) is 2. The summed E-state index contributed by atoms with van der Waals surface area (Å²) in [5.74, 6) is 0.219. The molecule has 1 aliphatic rings. The van der Waals surface area contributed by atoms with Gasteiger partial charge in [-0.15, -0.1) is 0 Å². The van der Waals surface area contributed by atoms with Crippen LogP contribution in [0.5, 0.6) is 0 Å². The van der Waals surface area contributed by atoms with Crippen molar-refractivity contribution in [2.75, 3.05) is 19.6 Å². The highest BCUT2D eigenvalue weighted by Gasteiger charge is 2.34. The van der Waals surface area contributed by atoms with Crippen LogP contribution in [0.3, 0.4) is 0 Å². The van der Waals surface area contributed by atoms with Gasteiger partial charge in [-0.2, -0.15) is 0 Å². The molecule has 0 spiro atoms. The minimum absolute atomic E-state index is 0.0216. The van der Waals surface area contributed by atoms with Crippen LogP contribution in [0.2, 0.25) is 0 Å². The van der Waals surface area contributed by atoms with E-state index in [1.807, 2.05) is 0 Å². The van der Waals surface area contributed by atoms with Crippen molar-refractivity contribution in [1.29, 1.82) is 0 Å². The van der Waals surface area contributed by atoms with Crippen molar-refractivity contribution in [3.05, 3.63) is 0 Å². The molecule has 1 rings (SSSR count). The number of amides is 2. The Hall–Kier alpha value is -1.10. The molecule has 0 aliphatic heterocycles. The van der Waals surface area contributed by atoms with Crippen molar-refractivity contribution in [1.82, 2.24) is 10.6 Å². The van der Waals surface area contributed by atoms with E-state index in [1.54, 1.807) is 0 Å². The molecule has 0 aromatic rings. The van der Waals surface area contributed by atoms with Gasteiger partial charge >= 0.3 is 0 Å². The van der Waals surface area contributed by atoms with Crippen LogP contribution in [0, 0.1) is 11.3 Å². The number of carbonyl (C=O) groups excluding carboxylic acids is 2. The molecule has 0 aromatic heterocycles. The molecule has 110 valence electrons. The number of hydrogen-bond donors (Lipinski definition) is 3. The maximum Gasteiger partial charge on any atom is 0.239 e. The lowest BCUT2D eigenvalue weighted by Gasteiger charge is -2.31. The van der Waals surface area contributed by atoms with Gasteiger partial charge < -0.3 is 16.4 Å². The Kier molecular flexibility index (Phi) is 6.28. The zero-order valence-corrected chi connectivity index (χ0v) is 12.1. The summed E-state index contributed by atoms with van der Waals surface area (Å²) in [4.78, 5) is 22.7. The molecule has 5 heteroatoms. The van der Waals surface area contributed by atoms with Gasteiger partial charge in [-0.1, -0.05) is 26.7 Å².